The topological polar surface area (TPSA) is 96.0 Å². The first-order valence-corrected chi connectivity index (χ1v) is 9.73. The van der Waals surface area contributed by atoms with E-state index in [0.29, 0.717) is 36.0 Å². The summed E-state index contributed by atoms with van der Waals surface area (Å²) in [7, 11) is 0. The van der Waals surface area contributed by atoms with Crippen molar-refractivity contribution in [1.82, 2.24) is 15.3 Å². The van der Waals surface area contributed by atoms with E-state index in [0.717, 1.165) is 11.4 Å². The molecule has 0 aliphatic carbocycles. The number of nitrogens with one attached hydrogen (secondary N) is 3. The first-order valence-electron chi connectivity index (χ1n) is 9.73. The largest absolute Gasteiger partial charge is 0.352 e. The number of carbonyl (C=O) groups excluding carboxylic acids is 2. The molecule has 0 radical (unpaired) electrons. The molecule has 0 unspecified atom stereocenters. The number of amides is 1. The molecule has 1 amide bonds. The summed E-state index contributed by atoms with van der Waals surface area (Å²) in [4.78, 5) is 32.4. The number of aromatic nitrogens is 2. The molecule has 0 spiro atoms. The maximum atomic E-state index is 12.2. The number of benzene rings is 2. The highest BCUT2D eigenvalue weighted by molar-refractivity contribution is 5.97. The van der Waals surface area contributed by atoms with Crippen molar-refractivity contribution < 1.29 is 9.59 Å². The summed E-state index contributed by atoms with van der Waals surface area (Å²) in [5.41, 5.74) is 4.07. The standard InChI is InChI=1S/C23H25N5O2/c1-15-4-10-20(11-5-15)27-21-14-16(2)26-23(28-21)25-13-12-24-22(30)19-8-6-18(7-9-19)17(3)29/h4-11,14H,12-13H2,1-3H3,(H,24,30)(H2,25,26,27,28). The number of anilines is 3. The normalized spacial score (nSPS) is 10.4. The number of hydrogen-bond donors (Lipinski definition) is 3. The van der Waals surface area contributed by atoms with Gasteiger partial charge in [0.2, 0.25) is 5.95 Å². The SMILES string of the molecule is CC(=O)c1ccc(C(=O)NCCNc2nc(C)cc(Nc3ccc(C)cc3)n2)cc1. The third-order valence-electron chi connectivity index (χ3n) is 4.43. The Labute approximate surface area is 176 Å². The van der Waals surface area contributed by atoms with Gasteiger partial charge in [-0.3, -0.25) is 9.59 Å². The molecular formula is C23H25N5O2. The predicted molar refractivity (Wildman–Crippen MR) is 119 cm³/mol. The summed E-state index contributed by atoms with van der Waals surface area (Å²) < 4.78 is 0. The first kappa shape index (κ1) is 21.0. The zero-order chi connectivity index (χ0) is 21.5. The van der Waals surface area contributed by atoms with Crippen LogP contribution < -0.4 is 16.0 Å². The van der Waals surface area contributed by atoms with Crippen LogP contribution in [0, 0.1) is 13.8 Å². The van der Waals surface area contributed by atoms with Crippen molar-refractivity contribution in [1.29, 1.82) is 0 Å². The lowest BCUT2D eigenvalue weighted by Crippen LogP contribution is -2.29. The Hall–Kier alpha value is -3.74. The highest BCUT2D eigenvalue weighted by Crippen LogP contribution is 2.17. The molecule has 3 rings (SSSR count). The van der Waals surface area contributed by atoms with Gasteiger partial charge >= 0.3 is 0 Å². The Balaban J connectivity index is 1.51. The van der Waals surface area contributed by atoms with Crippen molar-refractivity contribution in [3.8, 4) is 0 Å². The van der Waals surface area contributed by atoms with Gasteiger partial charge in [0.05, 0.1) is 0 Å². The van der Waals surface area contributed by atoms with Crippen LogP contribution in [0.4, 0.5) is 17.5 Å². The smallest absolute Gasteiger partial charge is 0.251 e. The zero-order valence-electron chi connectivity index (χ0n) is 17.3. The summed E-state index contributed by atoms with van der Waals surface area (Å²) in [6.07, 6.45) is 0. The molecule has 1 aromatic heterocycles. The van der Waals surface area contributed by atoms with Crippen LogP contribution in [0.1, 0.15) is 38.9 Å². The Kier molecular flexibility index (Phi) is 6.75. The maximum Gasteiger partial charge on any atom is 0.251 e. The molecule has 0 aliphatic rings. The molecule has 30 heavy (non-hydrogen) atoms. The predicted octanol–water partition coefficient (Wildman–Crippen LogP) is 3.88. The van der Waals surface area contributed by atoms with Crippen LogP contribution in [-0.2, 0) is 0 Å². The van der Waals surface area contributed by atoms with Gasteiger partial charge in [-0.15, -0.1) is 0 Å². The molecule has 7 nitrogen and oxygen atoms in total. The monoisotopic (exact) mass is 403 g/mol. The van der Waals surface area contributed by atoms with E-state index in [4.69, 9.17) is 0 Å². The summed E-state index contributed by atoms with van der Waals surface area (Å²) in [6.45, 7) is 6.33. The van der Waals surface area contributed by atoms with E-state index in [1.54, 1.807) is 24.3 Å². The van der Waals surface area contributed by atoms with E-state index < -0.39 is 0 Å². The number of Topliss-reactive ketones (excluding diaryl/α,β-unsaturated/α-hetero) is 1. The van der Waals surface area contributed by atoms with E-state index in [2.05, 4.69) is 25.9 Å². The maximum absolute atomic E-state index is 12.2. The van der Waals surface area contributed by atoms with Crippen LogP contribution in [-0.4, -0.2) is 34.7 Å². The van der Waals surface area contributed by atoms with E-state index >= 15 is 0 Å². The van der Waals surface area contributed by atoms with E-state index in [9.17, 15) is 9.59 Å². The molecule has 0 fully saturated rings. The number of hydrogen-bond acceptors (Lipinski definition) is 6. The Morgan fingerprint density at radius 1 is 0.867 bits per heavy atom. The van der Waals surface area contributed by atoms with Crippen molar-refractivity contribution in [3.63, 3.8) is 0 Å². The van der Waals surface area contributed by atoms with Crippen molar-refractivity contribution >= 4 is 29.1 Å². The lowest BCUT2D eigenvalue weighted by Gasteiger charge is -2.11. The average molecular weight is 403 g/mol. The summed E-state index contributed by atoms with van der Waals surface area (Å²) >= 11 is 0. The van der Waals surface area contributed by atoms with Gasteiger partial charge in [-0.2, -0.15) is 4.98 Å². The number of carbonyl (C=O) groups is 2. The van der Waals surface area contributed by atoms with Crippen LogP contribution >= 0.6 is 0 Å². The molecule has 2 aromatic carbocycles. The van der Waals surface area contributed by atoms with Crippen LogP contribution in [0.2, 0.25) is 0 Å². The van der Waals surface area contributed by atoms with E-state index in [-0.39, 0.29) is 11.7 Å². The molecule has 0 aliphatic heterocycles. The van der Waals surface area contributed by atoms with Gasteiger partial charge in [0.1, 0.15) is 5.82 Å². The Bertz CT molecular complexity index is 1030. The van der Waals surface area contributed by atoms with E-state index in [1.165, 1.54) is 12.5 Å². The van der Waals surface area contributed by atoms with Crippen molar-refractivity contribution in [2.45, 2.75) is 20.8 Å². The van der Waals surface area contributed by atoms with Crippen molar-refractivity contribution in [3.05, 3.63) is 77.0 Å². The number of aryl methyl sites for hydroxylation is 2. The molecule has 0 bridgehead atoms. The number of ketones is 1. The lowest BCUT2D eigenvalue weighted by atomic mass is 10.1. The fourth-order valence-corrected chi connectivity index (χ4v) is 2.81. The number of rotatable bonds is 8. The van der Waals surface area contributed by atoms with Crippen molar-refractivity contribution in [2.24, 2.45) is 0 Å². The molecule has 154 valence electrons. The van der Waals surface area contributed by atoms with Gasteiger partial charge in [-0.25, -0.2) is 4.98 Å². The van der Waals surface area contributed by atoms with Crippen LogP contribution in [0.15, 0.2) is 54.6 Å². The Morgan fingerprint density at radius 3 is 2.20 bits per heavy atom. The molecule has 7 heteroatoms. The lowest BCUT2D eigenvalue weighted by molar-refractivity contribution is 0.0953. The van der Waals surface area contributed by atoms with Crippen molar-refractivity contribution in [2.75, 3.05) is 23.7 Å². The molecule has 3 N–H and O–H groups in total. The first-order chi connectivity index (χ1) is 14.4. The minimum absolute atomic E-state index is 0.0273. The van der Waals surface area contributed by atoms with Gasteiger partial charge in [-0.05, 0) is 45.0 Å². The summed E-state index contributed by atoms with van der Waals surface area (Å²) in [5, 5.41) is 9.23. The molecule has 3 aromatic rings. The second kappa shape index (κ2) is 9.65. The number of nitrogens with zero attached hydrogens (tertiary/aromatic N) is 2. The quantitative estimate of drug-likeness (QED) is 0.390. The van der Waals surface area contributed by atoms with Crippen LogP contribution in [0.25, 0.3) is 0 Å². The third kappa shape index (κ3) is 5.88. The zero-order valence-corrected chi connectivity index (χ0v) is 17.3. The summed E-state index contributed by atoms with van der Waals surface area (Å²) in [5.74, 6) is 0.965. The summed E-state index contributed by atoms with van der Waals surface area (Å²) in [6, 6.07) is 16.5. The molecule has 0 saturated heterocycles. The second-order valence-electron chi connectivity index (χ2n) is 7.03. The fourth-order valence-electron chi connectivity index (χ4n) is 2.81. The minimum atomic E-state index is -0.196. The molecule has 1 heterocycles. The highest BCUT2D eigenvalue weighted by atomic mass is 16.1. The molecule has 0 atom stereocenters. The third-order valence-corrected chi connectivity index (χ3v) is 4.43. The van der Waals surface area contributed by atoms with Gasteiger partial charge in [0.15, 0.2) is 5.78 Å². The van der Waals surface area contributed by atoms with Gasteiger partial charge in [-0.1, -0.05) is 29.8 Å². The highest BCUT2D eigenvalue weighted by Gasteiger charge is 2.07. The molecule has 0 saturated carbocycles. The Morgan fingerprint density at radius 2 is 1.53 bits per heavy atom. The van der Waals surface area contributed by atoms with Gasteiger partial charge in [0.25, 0.3) is 5.91 Å². The average Bonchev–Trinajstić information content (AvgIpc) is 2.72. The van der Waals surface area contributed by atoms with Gasteiger partial charge in [0, 0.05) is 41.7 Å². The van der Waals surface area contributed by atoms with Crippen LogP contribution in [0.3, 0.4) is 0 Å². The van der Waals surface area contributed by atoms with E-state index in [1.807, 2.05) is 44.2 Å². The molecular weight excluding hydrogens is 378 g/mol. The van der Waals surface area contributed by atoms with Gasteiger partial charge < -0.3 is 16.0 Å². The fraction of sp³-hybridized carbons (Fsp3) is 0.217. The van der Waals surface area contributed by atoms with Crippen LogP contribution in [0.5, 0.6) is 0 Å². The second-order valence-corrected chi connectivity index (χ2v) is 7.03. The minimum Gasteiger partial charge on any atom is -0.352 e.